The zero-order valence-electron chi connectivity index (χ0n) is 8.61. The molecule has 3 nitrogen and oxygen atoms in total. The molecule has 0 amide bonds. The molecular weight excluding hydrogens is 180 g/mol. The van der Waals surface area contributed by atoms with Crippen molar-refractivity contribution >= 4 is 0 Å². The first-order valence-corrected chi connectivity index (χ1v) is 5.11. The average molecular weight is 198 g/mol. The molecule has 1 aromatic rings. The minimum Gasteiger partial charge on any atom is -0.469 e. The van der Waals surface area contributed by atoms with Crippen LogP contribution in [0.25, 0.3) is 0 Å². The molecule has 0 radical (unpaired) electrons. The molecule has 0 bridgehead atoms. The Kier molecular flexibility index (Phi) is 5.33. The Labute approximate surface area is 84.7 Å². The van der Waals surface area contributed by atoms with E-state index in [2.05, 4.69) is 6.92 Å². The van der Waals surface area contributed by atoms with Gasteiger partial charge in [-0.2, -0.15) is 0 Å². The lowest BCUT2D eigenvalue weighted by molar-refractivity contribution is 0.0324. The van der Waals surface area contributed by atoms with Crippen LogP contribution in [0.5, 0.6) is 0 Å². The van der Waals surface area contributed by atoms with Crippen molar-refractivity contribution in [3.8, 4) is 0 Å². The molecule has 14 heavy (non-hydrogen) atoms. The van der Waals surface area contributed by atoms with E-state index in [0.717, 1.165) is 25.2 Å². The maximum atomic E-state index is 9.51. The molecule has 1 heterocycles. The van der Waals surface area contributed by atoms with Crippen molar-refractivity contribution in [1.29, 1.82) is 0 Å². The molecule has 0 aliphatic carbocycles. The number of aliphatic hydroxyl groups excluding tert-OH is 1. The summed E-state index contributed by atoms with van der Waals surface area (Å²) < 4.78 is 10.4. The molecule has 0 fully saturated rings. The van der Waals surface area contributed by atoms with Crippen LogP contribution in [0.2, 0.25) is 0 Å². The summed E-state index contributed by atoms with van der Waals surface area (Å²) in [5.41, 5.74) is 0. The molecule has 0 saturated heterocycles. The van der Waals surface area contributed by atoms with Gasteiger partial charge < -0.3 is 14.3 Å². The maximum Gasteiger partial charge on any atom is 0.103 e. The third kappa shape index (κ3) is 4.44. The van der Waals surface area contributed by atoms with Crippen LogP contribution >= 0.6 is 0 Å². The highest BCUT2D eigenvalue weighted by atomic mass is 16.5. The molecule has 1 N–H and O–H groups in total. The molecule has 0 saturated carbocycles. The van der Waals surface area contributed by atoms with E-state index in [1.54, 1.807) is 6.26 Å². The van der Waals surface area contributed by atoms with Gasteiger partial charge in [0, 0.05) is 13.0 Å². The second-order valence-electron chi connectivity index (χ2n) is 3.35. The summed E-state index contributed by atoms with van der Waals surface area (Å²) in [6.07, 6.45) is 3.72. The van der Waals surface area contributed by atoms with Gasteiger partial charge in [-0.1, -0.05) is 6.92 Å². The second kappa shape index (κ2) is 6.62. The summed E-state index contributed by atoms with van der Waals surface area (Å²) >= 11 is 0. The summed E-state index contributed by atoms with van der Waals surface area (Å²) in [7, 11) is 0. The number of aliphatic hydroxyl groups is 1. The molecule has 3 heteroatoms. The minimum absolute atomic E-state index is 0.383. The van der Waals surface area contributed by atoms with Crippen LogP contribution in [0.1, 0.15) is 25.5 Å². The number of ether oxygens (including phenoxy) is 1. The zero-order valence-corrected chi connectivity index (χ0v) is 8.61. The van der Waals surface area contributed by atoms with Crippen LogP contribution in [-0.2, 0) is 11.2 Å². The minimum atomic E-state index is -0.383. The highest BCUT2D eigenvalue weighted by Crippen LogP contribution is 2.06. The molecule has 1 unspecified atom stereocenters. The van der Waals surface area contributed by atoms with Gasteiger partial charge in [0.1, 0.15) is 5.76 Å². The summed E-state index contributed by atoms with van der Waals surface area (Å²) in [6, 6.07) is 3.77. The lowest BCUT2D eigenvalue weighted by Crippen LogP contribution is -2.16. The van der Waals surface area contributed by atoms with Gasteiger partial charge in [-0.15, -0.1) is 0 Å². The van der Waals surface area contributed by atoms with Crippen LogP contribution in [0.3, 0.4) is 0 Å². The predicted molar refractivity (Wildman–Crippen MR) is 54.1 cm³/mol. The molecular formula is C11H18O3. The van der Waals surface area contributed by atoms with Crippen molar-refractivity contribution in [2.75, 3.05) is 13.2 Å². The van der Waals surface area contributed by atoms with Crippen molar-refractivity contribution in [1.82, 2.24) is 0 Å². The Morgan fingerprint density at radius 2 is 2.43 bits per heavy atom. The number of furan rings is 1. The van der Waals surface area contributed by atoms with Crippen LogP contribution in [0, 0.1) is 0 Å². The molecule has 80 valence electrons. The van der Waals surface area contributed by atoms with E-state index in [9.17, 15) is 5.11 Å². The maximum absolute atomic E-state index is 9.51. The third-order valence-electron chi connectivity index (χ3n) is 1.96. The van der Waals surface area contributed by atoms with E-state index < -0.39 is 0 Å². The number of hydrogen-bond donors (Lipinski definition) is 1. The largest absolute Gasteiger partial charge is 0.469 e. The fourth-order valence-electron chi connectivity index (χ4n) is 1.21. The topological polar surface area (TPSA) is 42.6 Å². The Balaban J connectivity index is 2.06. The van der Waals surface area contributed by atoms with E-state index in [0.29, 0.717) is 13.0 Å². The fraction of sp³-hybridized carbons (Fsp3) is 0.636. The van der Waals surface area contributed by atoms with E-state index in [1.807, 2.05) is 12.1 Å². The van der Waals surface area contributed by atoms with Crippen LogP contribution in [0.15, 0.2) is 22.8 Å². The molecule has 0 spiro atoms. The first-order valence-electron chi connectivity index (χ1n) is 5.11. The summed E-state index contributed by atoms with van der Waals surface area (Å²) in [5.74, 6) is 0.916. The smallest absolute Gasteiger partial charge is 0.103 e. The van der Waals surface area contributed by atoms with Crippen LogP contribution in [0.4, 0.5) is 0 Å². The molecule has 0 aliphatic rings. The molecule has 1 atom stereocenters. The van der Waals surface area contributed by atoms with E-state index in [1.165, 1.54) is 0 Å². The van der Waals surface area contributed by atoms with Crippen molar-refractivity contribution in [2.24, 2.45) is 0 Å². The van der Waals surface area contributed by atoms with Gasteiger partial charge in [-0.25, -0.2) is 0 Å². The molecule has 0 aromatic carbocycles. The highest BCUT2D eigenvalue weighted by Gasteiger charge is 2.05. The Hall–Kier alpha value is -0.800. The monoisotopic (exact) mass is 198 g/mol. The van der Waals surface area contributed by atoms with Crippen LogP contribution < -0.4 is 0 Å². The average Bonchev–Trinajstić information content (AvgIpc) is 2.68. The fourth-order valence-corrected chi connectivity index (χ4v) is 1.21. The Morgan fingerprint density at radius 3 is 3.07 bits per heavy atom. The first kappa shape index (κ1) is 11.3. The number of aryl methyl sites for hydroxylation is 1. The van der Waals surface area contributed by atoms with Crippen LogP contribution in [-0.4, -0.2) is 24.4 Å². The molecule has 0 aliphatic heterocycles. The SMILES string of the molecule is CCCOCC(O)CCc1ccco1. The van der Waals surface area contributed by atoms with E-state index in [4.69, 9.17) is 9.15 Å². The zero-order chi connectivity index (χ0) is 10.2. The lowest BCUT2D eigenvalue weighted by Gasteiger charge is -2.09. The van der Waals surface area contributed by atoms with Gasteiger partial charge >= 0.3 is 0 Å². The molecule has 1 rings (SSSR count). The van der Waals surface area contributed by atoms with Gasteiger partial charge in [-0.3, -0.25) is 0 Å². The lowest BCUT2D eigenvalue weighted by atomic mass is 10.2. The van der Waals surface area contributed by atoms with Crippen molar-refractivity contribution in [3.05, 3.63) is 24.2 Å². The summed E-state index contributed by atoms with van der Waals surface area (Å²) in [6.45, 7) is 3.20. The Morgan fingerprint density at radius 1 is 1.57 bits per heavy atom. The predicted octanol–water partition coefficient (Wildman–Crippen LogP) is 2.00. The van der Waals surface area contributed by atoms with Gasteiger partial charge in [0.2, 0.25) is 0 Å². The van der Waals surface area contributed by atoms with Gasteiger partial charge in [-0.05, 0) is 25.0 Å². The Bertz CT molecular complexity index is 218. The summed E-state index contributed by atoms with van der Waals surface area (Å²) in [5, 5.41) is 9.51. The van der Waals surface area contributed by atoms with Crippen molar-refractivity contribution < 1.29 is 14.3 Å². The van der Waals surface area contributed by atoms with Crippen molar-refractivity contribution in [2.45, 2.75) is 32.3 Å². The first-order chi connectivity index (χ1) is 6.83. The van der Waals surface area contributed by atoms with Gasteiger partial charge in [0.25, 0.3) is 0 Å². The highest BCUT2D eigenvalue weighted by molar-refractivity contribution is 4.98. The standard InChI is InChI=1S/C11H18O3/c1-2-7-13-9-10(12)5-6-11-4-3-8-14-11/h3-4,8,10,12H,2,5-7,9H2,1H3. The number of rotatable bonds is 7. The van der Waals surface area contributed by atoms with Gasteiger partial charge in [0.15, 0.2) is 0 Å². The van der Waals surface area contributed by atoms with E-state index in [-0.39, 0.29) is 6.10 Å². The number of hydrogen-bond acceptors (Lipinski definition) is 3. The van der Waals surface area contributed by atoms with Gasteiger partial charge in [0.05, 0.1) is 19.0 Å². The van der Waals surface area contributed by atoms with Crippen molar-refractivity contribution in [3.63, 3.8) is 0 Å². The summed E-state index contributed by atoms with van der Waals surface area (Å²) in [4.78, 5) is 0. The quantitative estimate of drug-likeness (QED) is 0.681. The second-order valence-corrected chi connectivity index (χ2v) is 3.35. The molecule has 1 aromatic heterocycles. The normalized spacial score (nSPS) is 13.0. The third-order valence-corrected chi connectivity index (χ3v) is 1.96. The van der Waals surface area contributed by atoms with E-state index >= 15 is 0 Å².